The molecule has 1 aromatic carbocycles. The predicted octanol–water partition coefficient (Wildman–Crippen LogP) is 3.08. The summed E-state index contributed by atoms with van der Waals surface area (Å²) < 4.78 is 0. The number of nitrogen functional groups attached to an aromatic ring is 1. The molecule has 0 spiro atoms. The molecule has 1 rings (SSSR count). The maximum atomic E-state index is 5.85. The fourth-order valence-electron chi connectivity index (χ4n) is 1.07. The molecular weight excluding hydrogens is 166 g/mol. The highest BCUT2D eigenvalue weighted by molar-refractivity contribution is 8.00. The summed E-state index contributed by atoms with van der Waals surface area (Å²) in [5, 5.41) is 0.591. The van der Waals surface area contributed by atoms with Crippen LogP contribution in [0.2, 0.25) is 0 Å². The van der Waals surface area contributed by atoms with E-state index in [1.807, 2.05) is 23.9 Å². The van der Waals surface area contributed by atoms with E-state index in [0.717, 1.165) is 5.69 Å². The molecule has 12 heavy (non-hydrogen) atoms. The summed E-state index contributed by atoms with van der Waals surface area (Å²) >= 11 is 1.83. The minimum Gasteiger partial charge on any atom is -0.398 e. The van der Waals surface area contributed by atoms with Crippen molar-refractivity contribution in [2.75, 3.05) is 5.73 Å². The van der Waals surface area contributed by atoms with E-state index >= 15 is 0 Å². The van der Waals surface area contributed by atoms with Crippen LogP contribution in [0.1, 0.15) is 19.4 Å². The van der Waals surface area contributed by atoms with Gasteiger partial charge in [0.05, 0.1) is 0 Å². The van der Waals surface area contributed by atoms with Crippen molar-refractivity contribution in [1.82, 2.24) is 0 Å². The third kappa shape index (κ3) is 2.18. The van der Waals surface area contributed by atoms with Gasteiger partial charge >= 0.3 is 0 Å². The lowest BCUT2D eigenvalue weighted by Gasteiger charge is -2.10. The Hall–Kier alpha value is -0.630. The number of hydrogen-bond acceptors (Lipinski definition) is 2. The highest BCUT2D eigenvalue weighted by Crippen LogP contribution is 2.31. The molecule has 0 bridgehead atoms. The number of thioether (sulfide) groups is 1. The van der Waals surface area contributed by atoms with E-state index < -0.39 is 0 Å². The van der Waals surface area contributed by atoms with E-state index in [2.05, 4.69) is 26.8 Å². The van der Waals surface area contributed by atoms with Gasteiger partial charge in [-0.05, 0) is 18.6 Å². The van der Waals surface area contributed by atoms with Crippen LogP contribution in [0.15, 0.2) is 23.1 Å². The maximum absolute atomic E-state index is 5.85. The molecule has 1 aromatic rings. The van der Waals surface area contributed by atoms with Gasteiger partial charge in [-0.3, -0.25) is 0 Å². The number of hydrogen-bond donors (Lipinski definition) is 1. The van der Waals surface area contributed by atoms with Gasteiger partial charge in [-0.1, -0.05) is 26.0 Å². The van der Waals surface area contributed by atoms with Crippen molar-refractivity contribution < 1.29 is 0 Å². The Kier molecular flexibility index (Phi) is 3.04. The Morgan fingerprint density at radius 1 is 1.33 bits per heavy atom. The van der Waals surface area contributed by atoms with Gasteiger partial charge in [0.25, 0.3) is 0 Å². The van der Waals surface area contributed by atoms with Gasteiger partial charge in [-0.25, -0.2) is 0 Å². The molecule has 0 aliphatic carbocycles. The number of rotatable bonds is 2. The first-order chi connectivity index (χ1) is 5.61. The van der Waals surface area contributed by atoms with Crippen molar-refractivity contribution in [1.29, 1.82) is 0 Å². The molecule has 0 aliphatic rings. The molecule has 0 aromatic heterocycles. The smallest absolute Gasteiger partial charge is 0.0455 e. The molecule has 2 heteroatoms. The monoisotopic (exact) mass is 181 g/mol. The Morgan fingerprint density at radius 2 is 2.00 bits per heavy atom. The van der Waals surface area contributed by atoms with Gasteiger partial charge in [0.1, 0.15) is 0 Å². The molecule has 0 fully saturated rings. The summed E-state index contributed by atoms with van der Waals surface area (Å²) in [5.41, 5.74) is 8.02. The van der Waals surface area contributed by atoms with Gasteiger partial charge in [0.15, 0.2) is 0 Å². The lowest BCUT2D eigenvalue weighted by atomic mass is 10.2. The SMILES string of the molecule is Cc1cccc(N)c1SC(C)C. The van der Waals surface area contributed by atoms with Crippen molar-refractivity contribution in [3.8, 4) is 0 Å². The van der Waals surface area contributed by atoms with Crippen molar-refractivity contribution >= 4 is 17.4 Å². The quantitative estimate of drug-likeness (QED) is 0.560. The average molecular weight is 181 g/mol. The van der Waals surface area contributed by atoms with Gasteiger partial charge in [0, 0.05) is 15.8 Å². The van der Waals surface area contributed by atoms with Crippen LogP contribution in [0.5, 0.6) is 0 Å². The summed E-state index contributed by atoms with van der Waals surface area (Å²) in [7, 11) is 0. The van der Waals surface area contributed by atoms with E-state index in [1.165, 1.54) is 10.5 Å². The topological polar surface area (TPSA) is 26.0 Å². The average Bonchev–Trinajstić information content (AvgIpc) is 1.97. The van der Waals surface area contributed by atoms with E-state index in [0.29, 0.717) is 5.25 Å². The lowest BCUT2D eigenvalue weighted by molar-refractivity contribution is 1.10. The molecule has 1 nitrogen and oxygen atoms in total. The highest BCUT2D eigenvalue weighted by Gasteiger charge is 2.04. The number of nitrogens with two attached hydrogens (primary N) is 1. The molecule has 0 unspecified atom stereocenters. The Labute approximate surface area is 78.4 Å². The minimum absolute atomic E-state index is 0.591. The second-order valence-corrected chi connectivity index (χ2v) is 4.75. The van der Waals surface area contributed by atoms with Gasteiger partial charge in [-0.2, -0.15) is 0 Å². The molecule has 0 saturated carbocycles. The van der Waals surface area contributed by atoms with E-state index in [-0.39, 0.29) is 0 Å². The van der Waals surface area contributed by atoms with E-state index in [4.69, 9.17) is 5.73 Å². The Bertz CT molecular complexity index is 248. The van der Waals surface area contributed by atoms with Crippen LogP contribution in [0.4, 0.5) is 5.69 Å². The van der Waals surface area contributed by atoms with Crippen LogP contribution in [0, 0.1) is 6.92 Å². The van der Waals surface area contributed by atoms with Crippen LogP contribution in [0.25, 0.3) is 0 Å². The first-order valence-corrected chi connectivity index (χ1v) is 5.01. The zero-order chi connectivity index (χ0) is 9.14. The van der Waals surface area contributed by atoms with Crippen molar-refractivity contribution in [2.45, 2.75) is 30.9 Å². The fourth-order valence-corrected chi connectivity index (χ4v) is 2.00. The lowest BCUT2D eigenvalue weighted by Crippen LogP contribution is -1.94. The Morgan fingerprint density at radius 3 is 2.50 bits per heavy atom. The summed E-state index contributed by atoms with van der Waals surface area (Å²) in [6, 6.07) is 6.05. The second kappa shape index (κ2) is 3.85. The molecule has 0 heterocycles. The summed E-state index contributed by atoms with van der Waals surface area (Å²) in [4.78, 5) is 1.23. The molecule has 66 valence electrons. The predicted molar refractivity (Wildman–Crippen MR) is 56.6 cm³/mol. The zero-order valence-corrected chi connectivity index (χ0v) is 8.61. The van der Waals surface area contributed by atoms with Crippen molar-refractivity contribution in [3.05, 3.63) is 23.8 Å². The largest absolute Gasteiger partial charge is 0.398 e. The van der Waals surface area contributed by atoms with Crippen LogP contribution < -0.4 is 5.73 Å². The van der Waals surface area contributed by atoms with E-state index in [1.54, 1.807) is 0 Å². The standard InChI is InChI=1S/C10H15NS/c1-7(2)12-10-8(3)5-4-6-9(10)11/h4-7H,11H2,1-3H3. The molecule has 0 aliphatic heterocycles. The molecule has 0 saturated heterocycles. The third-order valence-electron chi connectivity index (χ3n) is 1.60. The number of benzene rings is 1. The second-order valence-electron chi connectivity index (χ2n) is 3.16. The first kappa shape index (κ1) is 9.46. The van der Waals surface area contributed by atoms with Crippen LogP contribution in [-0.2, 0) is 0 Å². The highest BCUT2D eigenvalue weighted by atomic mass is 32.2. The van der Waals surface area contributed by atoms with Crippen molar-refractivity contribution in [3.63, 3.8) is 0 Å². The van der Waals surface area contributed by atoms with Gasteiger partial charge in [-0.15, -0.1) is 11.8 Å². The van der Waals surface area contributed by atoms with Gasteiger partial charge in [0.2, 0.25) is 0 Å². The number of aryl methyl sites for hydroxylation is 1. The van der Waals surface area contributed by atoms with E-state index in [9.17, 15) is 0 Å². The Balaban J connectivity index is 2.96. The summed E-state index contributed by atoms with van der Waals surface area (Å²) in [5.74, 6) is 0. The first-order valence-electron chi connectivity index (χ1n) is 4.13. The molecule has 0 radical (unpaired) electrons. The molecule has 2 N–H and O–H groups in total. The molecule has 0 atom stereocenters. The van der Waals surface area contributed by atoms with Crippen LogP contribution >= 0.6 is 11.8 Å². The van der Waals surface area contributed by atoms with Crippen LogP contribution in [-0.4, -0.2) is 5.25 Å². The third-order valence-corrected chi connectivity index (χ3v) is 2.86. The van der Waals surface area contributed by atoms with Crippen molar-refractivity contribution in [2.24, 2.45) is 0 Å². The molecular formula is C10H15NS. The molecule has 0 amide bonds. The number of anilines is 1. The van der Waals surface area contributed by atoms with Gasteiger partial charge < -0.3 is 5.73 Å². The maximum Gasteiger partial charge on any atom is 0.0455 e. The zero-order valence-electron chi connectivity index (χ0n) is 7.79. The fraction of sp³-hybridized carbons (Fsp3) is 0.400. The summed E-state index contributed by atoms with van der Waals surface area (Å²) in [6.07, 6.45) is 0. The minimum atomic E-state index is 0.591. The normalized spacial score (nSPS) is 10.7. The summed E-state index contributed by atoms with van der Waals surface area (Å²) in [6.45, 7) is 6.45. The van der Waals surface area contributed by atoms with Crippen LogP contribution in [0.3, 0.4) is 0 Å².